The smallest absolute Gasteiger partial charge is 0.263 e. The Hall–Kier alpha value is -3.08. The third kappa shape index (κ3) is 3.11. The number of hydrogen-bond acceptors (Lipinski definition) is 2. The SMILES string of the molecule is O=c1c(-c2nc3ccccc3[nH]2)c(Cl)c2cc(Cl)ccc2n1Cc1ccccc1. The number of nitrogens with one attached hydrogen (secondary N) is 1. The summed E-state index contributed by atoms with van der Waals surface area (Å²) < 4.78 is 1.72. The van der Waals surface area contributed by atoms with Gasteiger partial charge in [-0.05, 0) is 35.9 Å². The van der Waals surface area contributed by atoms with E-state index in [9.17, 15) is 4.79 Å². The molecule has 0 saturated heterocycles. The third-order valence-corrected chi connectivity index (χ3v) is 5.60. The Morgan fingerprint density at radius 3 is 2.48 bits per heavy atom. The first-order chi connectivity index (χ1) is 14.1. The number of halogens is 2. The standard InChI is InChI=1S/C23H15Cl2N3O/c24-15-10-11-19-16(12-15)21(25)20(22-26-17-8-4-5-9-18(17)27-22)23(29)28(19)13-14-6-2-1-3-7-14/h1-12H,13H2,(H,26,27). The molecule has 0 radical (unpaired) electrons. The Morgan fingerprint density at radius 1 is 0.931 bits per heavy atom. The van der Waals surface area contributed by atoms with E-state index in [0.717, 1.165) is 22.1 Å². The second kappa shape index (κ2) is 7.07. The highest BCUT2D eigenvalue weighted by atomic mass is 35.5. The first-order valence-corrected chi connectivity index (χ1v) is 9.88. The van der Waals surface area contributed by atoms with Crippen molar-refractivity contribution in [2.75, 3.05) is 0 Å². The Balaban J connectivity index is 1.83. The number of imidazole rings is 1. The van der Waals surface area contributed by atoms with Crippen LogP contribution < -0.4 is 5.56 Å². The predicted octanol–water partition coefficient (Wildman–Crippen LogP) is 5.90. The fourth-order valence-electron chi connectivity index (χ4n) is 3.59. The lowest BCUT2D eigenvalue weighted by atomic mass is 10.1. The summed E-state index contributed by atoms with van der Waals surface area (Å²) in [4.78, 5) is 21.4. The van der Waals surface area contributed by atoms with Crippen LogP contribution >= 0.6 is 23.2 Å². The molecule has 0 aliphatic rings. The molecule has 2 heterocycles. The van der Waals surface area contributed by atoms with Crippen molar-refractivity contribution < 1.29 is 0 Å². The molecule has 0 unspecified atom stereocenters. The fraction of sp³-hybridized carbons (Fsp3) is 0.0435. The molecule has 6 heteroatoms. The zero-order valence-corrected chi connectivity index (χ0v) is 16.7. The molecule has 0 fully saturated rings. The molecule has 29 heavy (non-hydrogen) atoms. The molecule has 0 saturated carbocycles. The van der Waals surface area contributed by atoms with Crippen LogP contribution in [0.3, 0.4) is 0 Å². The van der Waals surface area contributed by atoms with Gasteiger partial charge >= 0.3 is 0 Å². The van der Waals surface area contributed by atoms with Crippen LogP contribution in [0.25, 0.3) is 33.3 Å². The lowest BCUT2D eigenvalue weighted by Crippen LogP contribution is -2.23. The van der Waals surface area contributed by atoms with Gasteiger partial charge in [0.25, 0.3) is 5.56 Å². The predicted molar refractivity (Wildman–Crippen MR) is 119 cm³/mol. The average molecular weight is 420 g/mol. The molecule has 0 spiro atoms. The van der Waals surface area contributed by atoms with Gasteiger partial charge in [-0.3, -0.25) is 4.79 Å². The van der Waals surface area contributed by atoms with Gasteiger partial charge in [0.1, 0.15) is 11.4 Å². The Morgan fingerprint density at radius 2 is 1.69 bits per heavy atom. The van der Waals surface area contributed by atoms with E-state index < -0.39 is 0 Å². The number of aromatic amines is 1. The third-order valence-electron chi connectivity index (χ3n) is 4.97. The van der Waals surface area contributed by atoms with E-state index >= 15 is 0 Å². The van der Waals surface area contributed by atoms with Crippen molar-refractivity contribution in [2.24, 2.45) is 0 Å². The average Bonchev–Trinajstić information content (AvgIpc) is 3.16. The lowest BCUT2D eigenvalue weighted by Gasteiger charge is -2.15. The number of rotatable bonds is 3. The van der Waals surface area contributed by atoms with Crippen LogP contribution in [-0.2, 0) is 6.54 Å². The van der Waals surface area contributed by atoms with Gasteiger partial charge in [0, 0.05) is 10.4 Å². The second-order valence-corrected chi connectivity index (χ2v) is 7.64. The number of pyridine rings is 1. The largest absolute Gasteiger partial charge is 0.338 e. The minimum absolute atomic E-state index is 0.201. The highest BCUT2D eigenvalue weighted by Gasteiger charge is 2.20. The van der Waals surface area contributed by atoms with Crippen LogP contribution in [0, 0.1) is 0 Å². The fourth-order valence-corrected chi connectivity index (χ4v) is 4.09. The molecule has 4 nitrogen and oxygen atoms in total. The van der Waals surface area contributed by atoms with E-state index in [1.165, 1.54) is 0 Å². The zero-order chi connectivity index (χ0) is 20.0. The van der Waals surface area contributed by atoms with Crippen LogP contribution in [0.1, 0.15) is 5.56 Å². The van der Waals surface area contributed by atoms with Crippen molar-refractivity contribution in [1.29, 1.82) is 0 Å². The van der Waals surface area contributed by atoms with Gasteiger partial charge in [-0.15, -0.1) is 0 Å². The number of benzene rings is 3. The second-order valence-electron chi connectivity index (χ2n) is 6.83. The highest BCUT2D eigenvalue weighted by molar-refractivity contribution is 6.39. The van der Waals surface area contributed by atoms with E-state index in [0.29, 0.717) is 33.4 Å². The highest BCUT2D eigenvalue weighted by Crippen LogP contribution is 2.33. The van der Waals surface area contributed by atoms with Gasteiger partial charge in [-0.25, -0.2) is 4.98 Å². The molecule has 5 rings (SSSR count). The van der Waals surface area contributed by atoms with Crippen molar-refractivity contribution in [3.05, 3.63) is 98.8 Å². The number of fused-ring (bicyclic) bond motifs is 2. The Labute approximate surface area is 176 Å². The van der Waals surface area contributed by atoms with Crippen LogP contribution in [0.5, 0.6) is 0 Å². The van der Waals surface area contributed by atoms with Gasteiger partial charge in [-0.2, -0.15) is 0 Å². The topological polar surface area (TPSA) is 50.7 Å². The summed E-state index contributed by atoms with van der Waals surface area (Å²) in [7, 11) is 0. The van der Waals surface area contributed by atoms with E-state index in [4.69, 9.17) is 23.2 Å². The van der Waals surface area contributed by atoms with Crippen molar-refractivity contribution in [3.8, 4) is 11.4 Å². The summed E-state index contributed by atoms with van der Waals surface area (Å²) in [6.45, 7) is 0.419. The first kappa shape index (κ1) is 18.0. The number of hydrogen-bond donors (Lipinski definition) is 1. The van der Waals surface area contributed by atoms with Gasteiger partial charge < -0.3 is 9.55 Å². The molecule has 0 atom stereocenters. The van der Waals surface area contributed by atoms with E-state index in [1.807, 2.05) is 60.7 Å². The normalized spacial score (nSPS) is 11.4. The van der Waals surface area contributed by atoms with Crippen molar-refractivity contribution in [1.82, 2.24) is 14.5 Å². The maximum Gasteiger partial charge on any atom is 0.263 e. The molecule has 142 valence electrons. The summed E-state index contributed by atoms with van der Waals surface area (Å²) in [5.41, 5.74) is 3.51. The van der Waals surface area contributed by atoms with Gasteiger partial charge in [0.2, 0.25) is 0 Å². The summed E-state index contributed by atoms with van der Waals surface area (Å²) in [6, 6.07) is 22.8. The van der Waals surface area contributed by atoms with E-state index in [-0.39, 0.29) is 5.56 Å². The van der Waals surface area contributed by atoms with E-state index in [2.05, 4.69) is 9.97 Å². The Kier molecular flexibility index (Phi) is 4.38. The van der Waals surface area contributed by atoms with Gasteiger partial charge in [-0.1, -0.05) is 65.7 Å². The molecule has 0 amide bonds. The maximum absolute atomic E-state index is 13.6. The van der Waals surface area contributed by atoms with Crippen molar-refractivity contribution in [3.63, 3.8) is 0 Å². The summed E-state index contributed by atoms with van der Waals surface area (Å²) >= 11 is 13.0. The molecule has 3 aromatic carbocycles. The number of para-hydroxylation sites is 2. The summed E-state index contributed by atoms with van der Waals surface area (Å²) in [5.74, 6) is 0.449. The Bertz CT molecular complexity index is 1390. The molecular weight excluding hydrogens is 405 g/mol. The molecular formula is C23H15Cl2N3O. The van der Waals surface area contributed by atoms with Crippen LogP contribution in [0.2, 0.25) is 10.0 Å². The van der Waals surface area contributed by atoms with Crippen LogP contribution in [-0.4, -0.2) is 14.5 Å². The molecule has 0 aliphatic carbocycles. The van der Waals surface area contributed by atoms with Gasteiger partial charge in [0.05, 0.1) is 28.1 Å². The molecule has 1 N–H and O–H groups in total. The minimum atomic E-state index is -0.201. The molecule has 0 aliphatic heterocycles. The van der Waals surface area contributed by atoms with Gasteiger partial charge in [0.15, 0.2) is 0 Å². The number of H-pyrrole nitrogens is 1. The minimum Gasteiger partial charge on any atom is -0.338 e. The number of aromatic nitrogens is 3. The molecule has 2 aromatic heterocycles. The molecule has 5 aromatic rings. The first-order valence-electron chi connectivity index (χ1n) is 9.12. The maximum atomic E-state index is 13.6. The van der Waals surface area contributed by atoms with Crippen LogP contribution in [0.4, 0.5) is 0 Å². The molecule has 0 bridgehead atoms. The monoisotopic (exact) mass is 419 g/mol. The van der Waals surface area contributed by atoms with Crippen molar-refractivity contribution >= 4 is 45.1 Å². The summed E-state index contributed by atoms with van der Waals surface area (Å²) in [6.07, 6.45) is 0. The quantitative estimate of drug-likeness (QED) is 0.395. The summed E-state index contributed by atoms with van der Waals surface area (Å²) in [5, 5.41) is 1.61. The van der Waals surface area contributed by atoms with E-state index in [1.54, 1.807) is 16.7 Å². The zero-order valence-electron chi connectivity index (χ0n) is 15.2. The van der Waals surface area contributed by atoms with Crippen molar-refractivity contribution in [2.45, 2.75) is 6.54 Å². The lowest BCUT2D eigenvalue weighted by molar-refractivity contribution is 0.796. The van der Waals surface area contributed by atoms with Crippen LogP contribution in [0.15, 0.2) is 77.6 Å². The number of nitrogens with zero attached hydrogens (tertiary/aromatic N) is 2.